The van der Waals surface area contributed by atoms with E-state index in [1.807, 2.05) is 20.8 Å². The molecule has 0 aliphatic carbocycles. The molecule has 2 aromatic rings. The zero-order valence-corrected chi connectivity index (χ0v) is 14.1. The van der Waals surface area contributed by atoms with Crippen molar-refractivity contribution in [2.45, 2.75) is 39.7 Å². The van der Waals surface area contributed by atoms with Crippen molar-refractivity contribution in [3.8, 4) is 0 Å². The summed E-state index contributed by atoms with van der Waals surface area (Å²) in [7, 11) is 0. The lowest BCUT2D eigenvalue weighted by atomic mass is 9.88. The zero-order valence-electron chi connectivity index (χ0n) is 14.1. The quantitative estimate of drug-likeness (QED) is 0.784. The highest BCUT2D eigenvalue weighted by molar-refractivity contribution is 5.98. The van der Waals surface area contributed by atoms with Crippen molar-refractivity contribution in [3.05, 3.63) is 46.4 Å². The SMILES string of the molecule is CC(C)(C)CCC(NC(=O)c1cc2ccccc2c(=O)[nH]1)C(=O)O. The Hall–Kier alpha value is -2.63. The molecule has 6 nitrogen and oxygen atoms in total. The lowest BCUT2D eigenvalue weighted by molar-refractivity contribution is -0.139. The van der Waals surface area contributed by atoms with Crippen LogP contribution >= 0.6 is 0 Å². The Bertz CT molecular complexity index is 818. The van der Waals surface area contributed by atoms with Gasteiger partial charge in [-0.05, 0) is 35.8 Å². The van der Waals surface area contributed by atoms with Gasteiger partial charge in [-0.1, -0.05) is 39.0 Å². The number of hydrogen-bond acceptors (Lipinski definition) is 3. The van der Waals surface area contributed by atoms with Crippen LogP contribution in [0, 0.1) is 5.41 Å². The van der Waals surface area contributed by atoms with Crippen LogP contribution in [0.25, 0.3) is 10.8 Å². The Labute approximate surface area is 139 Å². The minimum absolute atomic E-state index is 0.0321. The van der Waals surface area contributed by atoms with Crippen LogP contribution in [0.5, 0.6) is 0 Å². The molecule has 24 heavy (non-hydrogen) atoms. The van der Waals surface area contributed by atoms with E-state index in [0.29, 0.717) is 23.6 Å². The molecule has 0 radical (unpaired) electrons. The topological polar surface area (TPSA) is 99.3 Å². The van der Waals surface area contributed by atoms with Gasteiger partial charge in [-0.15, -0.1) is 0 Å². The van der Waals surface area contributed by atoms with E-state index in [4.69, 9.17) is 0 Å². The number of carbonyl (C=O) groups is 2. The maximum absolute atomic E-state index is 12.3. The van der Waals surface area contributed by atoms with Crippen molar-refractivity contribution >= 4 is 22.6 Å². The lowest BCUT2D eigenvalue weighted by Crippen LogP contribution is -2.42. The molecule has 1 amide bonds. The fraction of sp³-hybridized carbons (Fsp3) is 0.389. The van der Waals surface area contributed by atoms with E-state index in [1.165, 1.54) is 0 Å². The molecule has 0 spiro atoms. The molecule has 0 aliphatic heterocycles. The maximum Gasteiger partial charge on any atom is 0.326 e. The number of nitrogens with one attached hydrogen (secondary N) is 2. The summed E-state index contributed by atoms with van der Waals surface area (Å²) in [5.41, 5.74) is -0.351. The van der Waals surface area contributed by atoms with Gasteiger partial charge in [0.25, 0.3) is 11.5 Å². The third-order valence-corrected chi connectivity index (χ3v) is 3.78. The summed E-state index contributed by atoms with van der Waals surface area (Å²) in [5.74, 6) is -1.69. The molecule has 128 valence electrons. The van der Waals surface area contributed by atoms with Crippen LogP contribution in [0.3, 0.4) is 0 Å². The number of aliphatic carboxylic acids is 1. The molecule has 0 saturated heterocycles. The van der Waals surface area contributed by atoms with Gasteiger partial charge in [-0.2, -0.15) is 0 Å². The number of aromatic amines is 1. The summed E-state index contributed by atoms with van der Waals surface area (Å²) in [6.07, 6.45) is 0.973. The number of aromatic nitrogens is 1. The number of H-pyrrole nitrogens is 1. The molecule has 0 saturated carbocycles. The number of amides is 1. The van der Waals surface area contributed by atoms with Crippen molar-refractivity contribution in [2.75, 3.05) is 0 Å². The maximum atomic E-state index is 12.3. The molecule has 0 bridgehead atoms. The summed E-state index contributed by atoms with van der Waals surface area (Å²) < 4.78 is 0. The molecule has 1 heterocycles. The first-order chi connectivity index (χ1) is 11.2. The molecule has 1 aromatic heterocycles. The number of benzene rings is 1. The van der Waals surface area contributed by atoms with Gasteiger partial charge in [0.05, 0.1) is 0 Å². The number of pyridine rings is 1. The minimum Gasteiger partial charge on any atom is -0.480 e. The smallest absolute Gasteiger partial charge is 0.326 e. The van der Waals surface area contributed by atoms with Crippen LogP contribution in [-0.4, -0.2) is 28.0 Å². The Morgan fingerprint density at radius 1 is 1.25 bits per heavy atom. The molecule has 6 heteroatoms. The van der Waals surface area contributed by atoms with E-state index in [-0.39, 0.29) is 16.7 Å². The fourth-order valence-corrected chi connectivity index (χ4v) is 2.40. The largest absolute Gasteiger partial charge is 0.480 e. The van der Waals surface area contributed by atoms with Gasteiger partial charge in [0.15, 0.2) is 0 Å². The fourth-order valence-electron chi connectivity index (χ4n) is 2.40. The zero-order chi connectivity index (χ0) is 17.9. The van der Waals surface area contributed by atoms with E-state index in [2.05, 4.69) is 10.3 Å². The highest BCUT2D eigenvalue weighted by atomic mass is 16.4. The third kappa shape index (κ3) is 4.44. The van der Waals surface area contributed by atoms with Crippen molar-refractivity contribution in [1.29, 1.82) is 0 Å². The monoisotopic (exact) mass is 330 g/mol. The number of hydrogen-bond donors (Lipinski definition) is 3. The summed E-state index contributed by atoms with van der Waals surface area (Å²) in [4.78, 5) is 38.2. The van der Waals surface area contributed by atoms with Crippen molar-refractivity contribution < 1.29 is 14.7 Å². The number of carbonyl (C=O) groups excluding carboxylic acids is 1. The van der Waals surface area contributed by atoms with Crippen molar-refractivity contribution in [2.24, 2.45) is 5.41 Å². The Balaban J connectivity index is 2.21. The van der Waals surface area contributed by atoms with E-state index < -0.39 is 17.9 Å². The van der Waals surface area contributed by atoms with Gasteiger partial charge in [0, 0.05) is 5.39 Å². The minimum atomic E-state index is -1.09. The van der Waals surface area contributed by atoms with Gasteiger partial charge < -0.3 is 15.4 Å². The lowest BCUT2D eigenvalue weighted by Gasteiger charge is -2.21. The molecule has 0 aliphatic rings. The average Bonchev–Trinajstić information content (AvgIpc) is 2.50. The molecule has 1 atom stereocenters. The number of carboxylic acids is 1. The molecule has 1 unspecified atom stereocenters. The number of rotatable bonds is 5. The van der Waals surface area contributed by atoms with E-state index in [0.717, 1.165) is 0 Å². The second-order valence-electron chi connectivity index (χ2n) is 7.06. The van der Waals surface area contributed by atoms with Crippen LogP contribution in [0.4, 0.5) is 0 Å². The Morgan fingerprint density at radius 3 is 2.54 bits per heavy atom. The van der Waals surface area contributed by atoms with E-state index in [1.54, 1.807) is 30.3 Å². The van der Waals surface area contributed by atoms with Crippen LogP contribution in [0.15, 0.2) is 35.1 Å². The predicted octanol–water partition coefficient (Wildman–Crippen LogP) is 2.54. The summed E-state index contributed by atoms with van der Waals surface area (Å²) in [6, 6.07) is 7.47. The molecule has 0 fully saturated rings. The second-order valence-corrected chi connectivity index (χ2v) is 7.06. The molecule has 1 aromatic carbocycles. The van der Waals surface area contributed by atoms with Crippen LogP contribution in [0.2, 0.25) is 0 Å². The van der Waals surface area contributed by atoms with E-state index >= 15 is 0 Å². The molecule has 3 N–H and O–H groups in total. The first-order valence-electron chi connectivity index (χ1n) is 7.83. The van der Waals surface area contributed by atoms with Gasteiger partial charge >= 0.3 is 5.97 Å². The molecule has 2 rings (SSSR count). The Kier molecular flexibility index (Phi) is 5.07. The van der Waals surface area contributed by atoms with Gasteiger partial charge in [0.2, 0.25) is 0 Å². The molecular weight excluding hydrogens is 308 g/mol. The van der Waals surface area contributed by atoms with Crippen molar-refractivity contribution in [3.63, 3.8) is 0 Å². The summed E-state index contributed by atoms with van der Waals surface area (Å²) >= 11 is 0. The predicted molar refractivity (Wildman–Crippen MR) is 92.1 cm³/mol. The summed E-state index contributed by atoms with van der Waals surface area (Å²) in [6.45, 7) is 6.03. The standard InChI is InChI=1S/C18H22N2O4/c1-18(2,3)9-8-13(17(23)24)19-16(22)14-10-11-6-4-5-7-12(11)15(21)20-14/h4-7,10,13H,8-9H2,1-3H3,(H,19,22)(H,20,21)(H,23,24). The summed E-state index contributed by atoms with van der Waals surface area (Å²) in [5, 5.41) is 12.9. The second kappa shape index (κ2) is 6.86. The van der Waals surface area contributed by atoms with Gasteiger partial charge in [-0.3, -0.25) is 9.59 Å². The molecular formula is C18H22N2O4. The Morgan fingerprint density at radius 2 is 1.92 bits per heavy atom. The first kappa shape index (κ1) is 17.7. The average molecular weight is 330 g/mol. The van der Waals surface area contributed by atoms with Crippen LogP contribution < -0.4 is 10.9 Å². The third-order valence-electron chi connectivity index (χ3n) is 3.78. The number of fused-ring (bicyclic) bond motifs is 1. The van der Waals surface area contributed by atoms with Gasteiger partial charge in [0.1, 0.15) is 11.7 Å². The highest BCUT2D eigenvalue weighted by Crippen LogP contribution is 2.21. The first-order valence-corrected chi connectivity index (χ1v) is 7.83. The van der Waals surface area contributed by atoms with Crippen LogP contribution in [-0.2, 0) is 4.79 Å². The van der Waals surface area contributed by atoms with Crippen molar-refractivity contribution in [1.82, 2.24) is 10.3 Å². The number of carboxylic acid groups (broad SMARTS) is 1. The van der Waals surface area contributed by atoms with Crippen LogP contribution in [0.1, 0.15) is 44.1 Å². The van der Waals surface area contributed by atoms with Gasteiger partial charge in [-0.25, -0.2) is 4.79 Å². The normalized spacial score (nSPS) is 12.8. The van der Waals surface area contributed by atoms with E-state index in [9.17, 15) is 19.5 Å². The highest BCUT2D eigenvalue weighted by Gasteiger charge is 2.23.